The summed E-state index contributed by atoms with van der Waals surface area (Å²) in [5.74, 6) is -1.82. The number of anilines is 1. The number of rotatable bonds is 4. The minimum Gasteiger partial charge on any atom is -0.417 e. The maximum Gasteiger partial charge on any atom is 0.346 e. The molecule has 172 valence electrons. The van der Waals surface area contributed by atoms with Crippen LogP contribution in [-0.4, -0.2) is 11.7 Å². The van der Waals surface area contributed by atoms with Crippen LogP contribution >= 0.6 is 11.6 Å². The van der Waals surface area contributed by atoms with Crippen molar-refractivity contribution in [1.29, 1.82) is 0 Å². The highest BCUT2D eigenvalue weighted by atomic mass is 35.5. The Balaban J connectivity index is 1.64. The predicted molar refractivity (Wildman–Crippen MR) is 135 cm³/mol. The summed E-state index contributed by atoms with van der Waals surface area (Å²) in [4.78, 5) is 12.5. The van der Waals surface area contributed by atoms with Gasteiger partial charge in [0.2, 0.25) is 5.78 Å². The van der Waals surface area contributed by atoms with E-state index in [1.165, 1.54) is 6.92 Å². The van der Waals surface area contributed by atoms with Gasteiger partial charge in [0.05, 0.1) is 11.3 Å². The molecule has 4 aromatic carbocycles. The molecule has 2 aliphatic heterocycles. The average Bonchev–Trinajstić information content (AvgIpc) is 3.43. The van der Waals surface area contributed by atoms with Gasteiger partial charge in [-0.15, -0.1) is 5.10 Å². The van der Waals surface area contributed by atoms with Gasteiger partial charge in [-0.25, -0.2) is 0 Å². The summed E-state index contributed by atoms with van der Waals surface area (Å²) >= 11 is 6.16. The van der Waals surface area contributed by atoms with Gasteiger partial charge in [0.15, 0.2) is 5.60 Å². The Hall–Kier alpha value is -3.93. The van der Waals surface area contributed by atoms with Gasteiger partial charge in [-0.2, -0.15) is 5.01 Å². The molecule has 5 nitrogen and oxygen atoms in total. The second-order valence-corrected chi connectivity index (χ2v) is 8.93. The lowest BCUT2D eigenvalue weighted by Gasteiger charge is -2.37. The normalized spacial score (nSPS) is 19.8. The first-order valence-corrected chi connectivity index (χ1v) is 11.7. The maximum absolute atomic E-state index is 12.5. The third-order valence-corrected chi connectivity index (χ3v) is 6.63. The number of carbonyl (C=O) groups excluding carboxylic acids is 1. The number of fused-ring (bicyclic) bond motifs is 2. The Morgan fingerprint density at radius 3 is 1.89 bits per heavy atom. The van der Waals surface area contributed by atoms with E-state index in [4.69, 9.17) is 21.1 Å². The molecule has 2 heterocycles. The van der Waals surface area contributed by atoms with Crippen molar-refractivity contribution in [1.82, 2.24) is 0 Å². The monoisotopic (exact) mass is 480 g/mol. The quantitative estimate of drug-likeness (QED) is 0.348. The summed E-state index contributed by atoms with van der Waals surface area (Å²) in [5.41, 5.74) is 3.22. The number of hydrazone groups is 1. The molecule has 6 heteroatoms. The van der Waals surface area contributed by atoms with Crippen LogP contribution in [-0.2, 0) is 25.8 Å². The number of Topliss-reactive ketones (excluding diaryl/α,β-unsaturated/α-hetero) is 1. The van der Waals surface area contributed by atoms with E-state index in [9.17, 15) is 4.79 Å². The van der Waals surface area contributed by atoms with Crippen LogP contribution in [0.2, 0.25) is 5.02 Å². The molecule has 0 radical (unpaired) electrons. The summed E-state index contributed by atoms with van der Waals surface area (Å²) < 4.78 is 13.5. The second-order valence-electron chi connectivity index (χ2n) is 8.49. The number of carbonyl (C=O) groups is 1. The van der Waals surface area contributed by atoms with E-state index in [0.717, 1.165) is 22.3 Å². The minimum atomic E-state index is -1.50. The van der Waals surface area contributed by atoms with Crippen LogP contribution in [0.15, 0.2) is 114 Å². The molecule has 6 rings (SSSR count). The summed E-state index contributed by atoms with van der Waals surface area (Å²) in [6.07, 6.45) is 0. The van der Waals surface area contributed by atoms with Gasteiger partial charge >= 0.3 is 5.91 Å². The number of hydrogen-bond donors (Lipinski definition) is 0. The maximum atomic E-state index is 12.5. The average molecular weight is 481 g/mol. The molecule has 35 heavy (non-hydrogen) atoms. The topological polar surface area (TPSA) is 51.1 Å². The molecular formula is C29H21ClN2O3. The Bertz CT molecular complexity index is 1400. The lowest BCUT2D eigenvalue weighted by atomic mass is 9.80. The van der Waals surface area contributed by atoms with Crippen LogP contribution in [0.4, 0.5) is 5.69 Å². The molecular weight excluding hydrogens is 460 g/mol. The van der Waals surface area contributed by atoms with E-state index in [1.807, 2.05) is 97.1 Å². The molecule has 0 aromatic heterocycles. The molecule has 0 N–H and O–H groups in total. The Morgan fingerprint density at radius 2 is 1.31 bits per heavy atom. The molecule has 0 unspecified atom stereocenters. The van der Waals surface area contributed by atoms with Gasteiger partial charge in [0.25, 0.3) is 5.90 Å². The highest BCUT2D eigenvalue weighted by Crippen LogP contribution is 2.57. The van der Waals surface area contributed by atoms with Crippen molar-refractivity contribution in [2.75, 3.05) is 5.01 Å². The lowest BCUT2D eigenvalue weighted by molar-refractivity contribution is -0.217. The van der Waals surface area contributed by atoms with Crippen molar-refractivity contribution < 1.29 is 14.3 Å². The van der Waals surface area contributed by atoms with Gasteiger partial charge < -0.3 is 4.74 Å². The van der Waals surface area contributed by atoms with Crippen LogP contribution in [0.3, 0.4) is 0 Å². The predicted octanol–water partition coefficient (Wildman–Crippen LogP) is 6.21. The van der Waals surface area contributed by atoms with Gasteiger partial charge in [0, 0.05) is 17.5 Å². The van der Waals surface area contributed by atoms with Crippen molar-refractivity contribution >= 4 is 29.0 Å². The molecule has 1 atom stereocenters. The number of benzene rings is 4. The Morgan fingerprint density at radius 1 is 0.771 bits per heavy atom. The molecule has 0 aliphatic carbocycles. The number of halogens is 1. The fraction of sp³-hybridized carbons (Fsp3) is 0.103. The summed E-state index contributed by atoms with van der Waals surface area (Å²) in [5, 5.41) is 6.81. The van der Waals surface area contributed by atoms with Crippen LogP contribution in [0.1, 0.15) is 29.2 Å². The van der Waals surface area contributed by atoms with Crippen molar-refractivity contribution in [3.8, 4) is 0 Å². The van der Waals surface area contributed by atoms with Gasteiger partial charge in [-0.05, 0) is 41.5 Å². The first kappa shape index (κ1) is 21.6. The Kier molecular flexibility index (Phi) is 4.99. The van der Waals surface area contributed by atoms with Crippen molar-refractivity contribution in [3.63, 3.8) is 0 Å². The van der Waals surface area contributed by atoms with Crippen molar-refractivity contribution in [2.45, 2.75) is 18.4 Å². The lowest BCUT2D eigenvalue weighted by Crippen LogP contribution is -2.45. The molecule has 0 saturated heterocycles. The molecule has 0 saturated carbocycles. The van der Waals surface area contributed by atoms with E-state index < -0.39 is 11.5 Å². The first-order chi connectivity index (χ1) is 17.0. The van der Waals surface area contributed by atoms with E-state index in [1.54, 1.807) is 17.1 Å². The van der Waals surface area contributed by atoms with Crippen LogP contribution in [0.25, 0.3) is 0 Å². The zero-order chi connectivity index (χ0) is 24.0. The first-order valence-electron chi connectivity index (χ1n) is 11.3. The number of hydrogen-bond acceptors (Lipinski definition) is 5. The third kappa shape index (κ3) is 3.20. The number of ketones is 1. The van der Waals surface area contributed by atoms with Crippen molar-refractivity contribution in [2.24, 2.45) is 5.10 Å². The minimum absolute atomic E-state index is 0.0216. The molecule has 2 aliphatic rings. The van der Waals surface area contributed by atoms with E-state index in [0.29, 0.717) is 10.7 Å². The molecule has 0 fully saturated rings. The van der Waals surface area contributed by atoms with Crippen molar-refractivity contribution in [3.05, 3.63) is 136 Å². The SMILES string of the molecule is CC(=O)C1=NN(c2ccc(Cl)cc2)[C@]2(O1)OC(c1ccccc1)(c1ccccc1)c1ccccc12. The number of ether oxygens (including phenoxy) is 2. The van der Waals surface area contributed by atoms with Crippen LogP contribution in [0, 0.1) is 0 Å². The molecule has 4 aromatic rings. The van der Waals surface area contributed by atoms with Gasteiger partial charge in [0.1, 0.15) is 0 Å². The smallest absolute Gasteiger partial charge is 0.346 e. The van der Waals surface area contributed by atoms with Gasteiger partial charge in [-0.3, -0.25) is 9.53 Å². The molecule has 0 amide bonds. The third-order valence-electron chi connectivity index (χ3n) is 6.38. The summed E-state index contributed by atoms with van der Waals surface area (Å²) in [6.45, 7) is 1.43. The largest absolute Gasteiger partial charge is 0.417 e. The zero-order valence-electron chi connectivity index (χ0n) is 18.9. The zero-order valence-corrected chi connectivity index (χ0v) is 19.6. The van der Waals surface area contributed by atoms with E-state index in [-0.39, 0.29) is 11.7 Å². The van der Waals surface area contributed by atoms with Crippen LogP contribution < -0.4 is 5.01 Å². The molecule has 0 bridgehead atoms. The van der Waals surface area contributed by atoms with E-state index >= 15 is 0 Å². The summed E-state index contributed by atoms with van der Waals surface area (Å²) in [7, 11) is 0. The second kappa shape index (κ2) is 8.08. The van der Waals surface area contributed by atoms with E-state index in [2.05, 4.69) is 5.10 Å². The van der Waals surface area contributed by atoms with Gasteiger partial charge in [-0.1, -0.05) is 90.5 Å². The fourth-order valence-electron chi connectivity index (χ4n) is 4.86. The Labute approximate surface area is 208 Å². The summed E-state index contributed by atoms with van der Waals surface area (Å²) in [6, 6.07) is 35.2. The molecule has 1 spiro atoms. The highest BCUT2D eigenvalue weighted by molar-refractivity contribution is 6.36. The number of nitrogens with zero attached hydrogens (tertiary/aromatic N) is 2. The standard InChI is InChI=1S/C29H21ClN2O3/c1-20(33)27-31-32(24-18-16-23(30)17-19-24)29(34-27)26-15-9-8-14-25(26)28(35-29,21-10-4-2-5-11-21)22-12-6-3-7-13-22/h2-19H,1H3/t29-/m1/s1. The fourth-order valence-corrected chi connectivity index (χ4v) is 4.99. The highest BCUT2D eigenvalue weighted by Gasteiger charge is 2.63. The van der Waals surface area contributed by atoms with Crippen LogP contribution in [0.5, 0.6) is 0 Å².